The van der Waals surface area contributed by atoms with Gasteiger partial charge in [-0.15, -0.1) is 0 Å². The highest BCUT2D eigenvalue weighted by Gasteiger charge is 2.14. The molecule has 0 heterocycles. The molecule has 2 nitrogen and oxygen atoms in total. The van der Waals surface area contributed by atoms with E-state index in [1.165, 1.54) is 0 Å². The van der Waals surface area contributed by atoms with Gasteiger partial charge in [-0.05, 0) is 35.0 Å². The van der Waals surface area contributed by atoms with Gasteiger partial charge in [-0.2, -0.15) is 0 Å². The Bertz CT molecular complexity index is 306. The molecule has 0 aliphatic heterocycles. The normalized spacial score (nSPS) is 10.5. The number of hydrogen-bond donors (Lipinski definition) is 2. The summed E-state index contributed by atoms with van der Waals surface area (Å²) in [4.78, 5) is 0. The van der Waals surface area contributed by atoms with E-state index in [9.17, 15) is 9.50 Å². The zero-order valence-electron chi connectivity index (χ0n) is 6.65. The van der Waals surface area contributed by atoms with Crippen LogP contribution in [0.3, 0.4) is 0 Å². The molecule has 0 aliphatic carbocycles. The van der Waals surface area contributed by atoms with Crippen LogP contribution in [0.4, 0.5) is 4.39 Å². The molecule has 0 atom stereocenters. The van der Waals surface area contributed by atoms with E-state index < -0.39 is 5.82 Å². The minimum Gasteiger partial charge on any atom is -0.506 e. The summed E-state index contributed by atoms with van der Waals surface area (Å²) in [7, 11) is 0. The maximum absolute atomic E-state index is 13.0. The first-order chi connectivity index (χ1) is 6.07. The zero-order valence-corrected chi connectivity index (χ0v) is 8.99. The van der Waals surface area contributed by atoms with Crippen LogP contribution < -0.4 is 5.73 Å². The molecule has 3 N–H and O–H groups in total. The minimum absolute atomic E-state index is 0.0446. The van der Waals surface area contributed by atoms with Crippen LogP contribution in [0.5, 0.6) is 5.75 Å². The van der Waals surface area contributed by atoms with Crippen LogP contribution in [0, 0.1) is 5.82 Å². The molecule has 0 bridgehead atoms. The van der Waals surface area contributed by atoms with Gasteiger partial charge in [0.2, 0.25) is 0 Å². The molecule has 1 rings (SSSR count). The van der Waals surface area contributed by atoms with E-state index in [2.05, 4.69) is 15.9 Å². The Hall–Kier alpha value is -0.320. The predicted molar refractivity (Wildman–Crippen MR) is 53.5 cm³/mol. The number of aromatic hydroxyl groups is 1. The summed E-state index contributed by atoms with van der Waals surface area (Å²) in [5.74, 6) is -0.605. The van der Waals surface area contributed by atoms with E-state index >= 15 is 0 Å². The van der Waals surface area contributed by atoms with Crippen molar-refractivity contribution in [3.05, 3.63) is 26.9 Å². The Morgan fingerprint density at radius 2 is 2.23 bits per heavy atom. The van der Waals surface area contributed by atoms with Gasteiger partial charge in [0.25, 0.3) is 0 Å². The summed E-state index contributed by atoms with van der Waals surface area (Å²) < 4.78 is 13.3. The smallest absolute Gasteiger partial charge is 0.143 e. The summed E-state index contributed by atoms with van der Waals surface area (Å²) in [5, 5.41) is 9.42. The fourth-order valence-electron chi connectivity index (χ4n) is 1.01. The summed E-state index contributed by atoms with van der Waals surface area (Å²) in [6, 6.07) is 1.12. The maximum Gasteiger partial charge on any atom is 0.143 e. The molecule has 0 saturated carbocycles. The molecule has 1 aromatic carbocycles. The second kappa shape index (κ2) is 4.26. The Kier molecular flexibility index (Phi) is 3.53. The van der Waals surface area contributed by atoms with Gasteiger partial charge in [-0.3, -0.25) is 0 Å². The Morgan fingerprint density at radius 3 is 2.77 bits per heavy atom. The fraction of sp³-hybridized carbons (Fsp3) is 0.250. The largest absolute Gasteiger partial charge is 0.506 e. The Labute approximate surface area is 88.6 Å². The van der Waals surface area contributed by atoms with Gasteiger partial charge >= 0.3 is 0 Å². The predicted octanol–water partition coefficient (Wildman–Crippen LogP) is 2.45. The average molecular weight is 269 g/mol. The third-order valence-corrected chi connectivity index (χ3v) is 2.65. The van der Waals surface area contributed by atoms with Crippen molar-refractivity contribution in [1.29, 1.82) is 0 Å². The Balaban J connectivity index is 3.28. The molecule has 0 amide bonds. The number of nitrogens with two attached hydrogens (primary N) is 1. The van der Waals surface area contributed by atoms with Crippen molar-refractivity contribution >= 4 is 27.5 Å². The van der Waals surface area contributed by atoms with Crippen molar-refractivity contribution in [2.24, 2.45) is 5.73 Å². The average Bonchev–Trinajstić information content (AvgIpc) is 2.09. The standard InChI is InChI=1S/C8H8BrClFNO/c9-5-3-6(11)7(10)4(1-2-12)8(5)13/h3,13H,1-2,12H2. The number of rotatable bonds is 2. The summed E-state index contributed by atoms with van der Waals surface area (Å²) in [6.45, 7) is 0.309. The number of hydrogen-bond acceptors (Lipinski definition) is 2. The highest BCUT2D eigenvalue weighted by Crippen LogP contribution is 2.35. The van der Waals surface area contributed by atoms with Crippen molar-refractivity contribution in [2.45, 2.75) is 6.42 Å². The lowest BCUT2D eigenvalue weighted by Crippen LogP contribution is -2.04. The van der Waals surface area contributed by atoms with Crippen LogP contribution in [-0.2, 0) is 6.42 Å². The number of benzene rings is 1. The first-order valence-electron chi connectivity index (χ1n) is 3.63. The monoisotopic (exact) mass is 267 g/mol. The van der Waals surface area contributed by atoms with Gasteiger partial charge in [0.15, 0.2) is 0 Å². The molecule has 13 heavy (non-hydrogen) atoms. The van der Waals surface area contributed by atoms with E-state index in [0.29, 0.717) is 18.5 Å². The molecule has 0 unspecified atom stereocenters. The van der Waals surface area contributed by atoms with Crippen LogP contribution >= 0.6 is 27.5 Å². The molecule has 0 fully saturated rings. The van der Waals surface area contributed by atoms with Crippen LogP contribution in [0.25, 0.3) is 0 Å². The molecule has 5 heteroatoms. The fourth-order valence-corrected chi connectivity index (χ4v) is 1.69. The summed E-state index contributed by atoms with van der Waals surface area (Å²) in [6.07, 6.45) is 0.348. The molecule has 0 aromatic heterocycles. The summed E-state index contributed by atoms with van der Waals surface area (Å²) in [5.41, 5.74) is 5.63. The lowest BCUT2D eigenvalue weighted by atomic mass is 10.1. The quantitative estimate of drug-likeness (QED) is 0.809. The van der Waals surface area contributed by atoms with Crippen LogP contribution in [-0.4, -0.2) is 11.7 Å². The van der Waals surface area contributed by atoms with Gasteiger partial charge in [0.1, 0.15) is 11.6 Å². The van der Waals surface area contributed by atoms with Gasteiger partial charge in [0, 0.05) is 5.56 Å². The third-order valence-electron chi connectivity index (χ3n) is 1.63. The van der Waals surface area contributed by atoms with Gasteiger partial charge in [-0.25, -0.2) is 4.39 Å². The highest BCUT2D eigenvalue weighted by atomic mass is 79.9. The molecule has 0 radical (unpaired) electrons. The van der Waals surface area contributed by atoms with Crippen molar-refractivity contribution in [1.82, 2.24) is 0 Å². The number of phenolic OH excluding ortho intramolecular Hbond substituents is 1. The van der Waals surface area contributed by atoms with Gasteiger partial charge < -0.3 is 10.8 Å². The molecular weight excluding hydrogens is 260 g/mol. The maximum atomic E-state index is 13.0. The van der Waals surface area contributed by atoms with E-state index in [0.717, 1.165) is 6.07 Å². The second-order valence-electron chi connectivity index (χ2n) is 2.52. The molecule has 0 saturated heterocycles. The second-order valence-corrected chi connectivity index (χ2v) is 3.75. The van der Waals surface area contributed by atoms with E-state index in [1.54, 1.807) is 0 Å². The lowest BCUT2D eigenvalue weighted by molar-refractivity contribution is 0.462. The highest BCUT2D eigenvalue weighted by molar-refractivity contribution is 9.10. The first-order valence-corrected chi connectivity index (χ1v) is 4.80. The first kappa shape index (κ1) is 10.8. The van der Waals surface area contributed by atoms with Crippen LogP contribution in [0.15, 0.2) is 10.5 Å². The number of halogens is 3. The van der Waals surface area contributed by atoms with Crippen molar-refractivity contribution in [3.8, 4) is 5.75 Å². The number of phenols is 1. The molecule has 0 aliphatic rings. The lowest BCUT2D eigenvalue weighted by Gasteiger charge is -2.08. The van der Waals surface area contributed by atoms with E-state index in [1.807, 2.05) is 0 Å². The van der Waals surface area contributed by atoms with Gasteiger partial charge in [0.05, 0.1) is 9.50 Å². The molecular formula is C8H8BrClFNO. The minimum atomic E-state index is -0.560. The SMILES string of the molecule is NCCc1c(O)c(Br)cc(F)c1Cl. The summed E-state index contributed by atoms with van der Waals surface area (Å²) >= 11 is 8.65. The van der Waals surface area contributed by atoms with Crippen molar-refractivity contribution in [2.75, 3.05) is 6.54 Å². The molecule has 72 valence electrons. The van der Waals surface area contributed by atoms with Gasteiger partial charge in [-0.1, -0.05) is 11.6 Å². The zero-order chi connectivity index (χ0) is 10.0. The van der Waals surface area contributed by atoms with Crippen LogP contribution in [0.2, 0.25) is 5.02 Å². The topological polar surface area (TPSA) is 46.2 Å². The van der Waals surface area contributed by atoms with Crippen LogP contribution in [0.1, 0.15) is 5.56 Å². The molecule has 0 spiro atoms. The van der Waals surface area contributed by atoms with Crippen molar-refractivity contribution < 1.29 is 9.50 Å². The van der Waals surface area contributed by atoms with Crippen molar-refractivity contribution in [3.63, 3.8) is 0 Å². The van der Waals surface area contributed by atoms with E-state index in [-0.39, 0.29) is 15.2 Å². The third kappa shape index (κ3) is 2.13. The Morgan fingerprint density at radius 1 is 1.62 bits per heavy atom. The van der Waals surface area contributed by atoms with E-state index in [4.69, 9.17) is 17.3 Å². The molecule has 1 aromatic rings.